The molecule has 22 heavy (non-hydrogen) atoms. The Morgan fingerprint density at radius 1 is 1.50 bits per heavy atom. The molecule has 1 aliphatic heterocycles. The van der Waals surface area contributed by atoms with Crippen LogP contribution in [0.2, 0.25) is 0 Å². The fourth-order valence-corrected chi connectivity index (χ4v) is 3.26. The van der Waals surface area contributed by atoms with Crippen molar-refractivity contribution in [3.8, 4) is 0 Å². The smallest absolute Gasteiger partial charge is 0.480 e. The van der Waals surface area contributed by atoms with Gasteiger partial charge >= 0.3 is 11.8 Å². The van der Waals surface area contributed by atoms with E-state index in [9.17, 15) is 19.1 Å². The molecule has 0 bridgehead atoms. The van der Waals surface area contributed by atoms with Crippen LogP contribution in [0, 0.1) is 12.8 Å². The van der Waals surface area contributed by atoms with E-state index < -0.39 is 29.4 Å². The molecule has 0 amide bonds. The van der Waals surface area contributed by atoms with Crippen LogP contribution in [-0.2, 0) is 11.2 Å². The highest BCUT2D eigenvalue weighted by Crippen LogP contribution is 2.35. The van der Waals surface area contributed by atoms with E-state index in [1.165, 1.54) is 0 Å². The molecule has 0 aliphatic carbocycles. The molecule has 1 fully saturated rings. The number of carboxylic acid groups (broad SMARTS) is 1. The van der Waals surface area contributed by atoms with Crippen LogP contribution >= 0.6 is 0 Å². The summed E-state index contributed by atoms with van der Waals surface area (Å²) in [5.41, 5.74) is -1.39. The lowest BCUT2D eigenvalue weighted by molar-refractivity contribution is -0.141. The van der Waals surface area contributed by atoms with Gasteiger partial charge in [-0.1, -0.05) is 13.3 Å². The summed E-state index contributed by atoms with van der Waals surface area (Å²) < 4.78 is 24.7. The number of aliphatic carboxylic acids is 1. The van der Waals surface area contributed by atoms with E-state index in [1.807, 2.05) is 6.92 Å². The van der Waals surface area contributed by atoms with Crippen LogP contribution in [0.1, 0.15) is 44.1 Å². The second-order valence-corrected chi connectivity index (χ2v) is 6.02. The number of carboxylic acids is 1. The Balaban J connectivity index is 2.25. The van der Waals surface area contributed by atoms with Crippen molar-refractivity contribution in [3.63, 3.8) is 0 Å². The predicted molar refractivity (Wildman–Crippen MR) is 76.6 cm³/mol. The Kier molecular flexibility index (Phi) is 5.05. The molecule has 0 saturated carbocycles. The van der Waals surface area contributed by atoms with Crippen molar-refractivity contribution in [2.45, 2.75) is 57.7 Å². The van der Waals surface area contributed by atoms with Gasteiger partial charge in [-0.2, -0.15) is 0 Å². The minimum Gasteiger partial charge on any atom is -0.480 e. The van der Waals surface area contributed by atoms with Gasteiger partial charge in [0.15, 0.2) is 0 Å². The first-order valence-corrected chi connectivity index (χ1v) is 7.59. The average molecular weight is 315 g/mol. The van der Waals surface area contributed by atoms with Gasteiger partial charge in [0.1, 0.15) is 23.2 Å². The van der Waals surface area contributed by atoms with Gasteiger partial charge in [-0.05, 0) is 38.6 Å². The molecule has 2 N–H and O–H groups in total. The zero-order valence-corrected chi connectivity index (χ0v) is 12.9. The van der Waals surface area contributed by atoms with Crippen LogP contribution in [0.4, 0.5) is 4.39 Å². The molecule has 2 rings (SSSR count). The molecule has 1 aromatic heterocycles. The molecule has 0 radical (unpaired) electrons. The average Bonchev–Trinajstić information content (AvgIpc) is 2.63. The third-order valence-corrected chi connectivity index (χ3v) is 4.28. The summed E-state index contributed by atoms with van der Waals surface area (Å²) in [7, 11) is 0. The fraction of sp³-hybridized carbons (Fsp3) is 0.733. The topological polar surface area (TPSA) is 92.7 Å². The van der Waals surface area contributed by atoms with E-state index in [4.69, 9.17) is 8.83 Å². The summed E-state index contributed by atoms with van der Waals surface area (Å²) in [5, 5.41) is 12.3. The van der Waals surface area contributed by atoms with Crippen LogP contribution in [0.15, 0.2) is 13.6 Å². The van der Waals surface area contributed by atoms with E-state index >= 15 is 0 Å². The largest absolute Gasteiger partial charge is 0.519 e. The second kappa shape index (κ2) is 6.64. The summed E-state index contributed by atoms with van der Waals surface area (Å²) in [5.74, 6) is -1.73. The summed E-state index contributed by atoms with van der Waals surface area (Å²) in [6, 6.07) is -0.867. The van der Waals surface area contributed by atoms with Crippen molar-refractivity contribution in [2.24, 2.45) is 5.92 Å². The number of carbonyl (C=O) groups is 1. The van der Waals surface area contributed by atoms with Crippen molar-refractivity contribution < 1.29 is 23.1 Å². The van der Waals surface area contributed by atoms with Crippen molar-refractivity contribution in [1.82, 2.24) is 5.32 Å². The first-order valence-electron chi connectivity index (χ1n) is 7.59. The monoisotopic (exact) mass is 315 g/mol. The maximum atomic E-state index is 15.0. The Bertz CT molecular complexity index is 581. The number of rotatable bonds is 5. The van der Waals surface area contributed by atoms with E-state index in [1.54, 1.807) is 6.92 Å². The first kappa shape index (κ1) is 16.7. The molecule has 1 aromatic rings. The number of halogens is 1. The molecular formula is C15H22FNO5. The minimum absolute atomic E-state index is 0.124. The molecule has 1 aliphatic rings. The predicted octanol–water partition coefficient (Wildman–Crippen LogP) is 2.04. The Morgan fingerprint density at radius 2 is 2.23 bits per heavy atom. The molecule has 2 heterocycles. The zero-order chi connectivity index (χ0) is 16.3. The third-order valence-electron chi connectivity index (χ3n) is 4.28. The quantitative estimate of drug-likeness (QED) is 0.864. The van der Waals surface area contributed by atoms with E-state index in [2.05, 4.69) is 5.32 Å². The normalized spacial score (nSPS) is 29.2. The van der Waals surface area contributed by atoms with Crippen LogP contribution in [-0.4, -0.2) is 29.3 Å². The van der Waals surface area contributed by atoms with Gasteiger partial charge in [-0.25, -0.2) is 9.18 Å². The van der Waals surface area contributed by atoms with Crippen molar-refractivity contribution in [3.05, 3.63) is 22.1 Å². The standard InChI is InChI=1S/C15H22FNO5/c1-3-4-15(16)5-6-17-12(13(18)19)10(8-15)7-11-9(2)21-14(20)22-11/h10,12,17H,3-8H2,1-2H3,(H,18,19). The molecule has 6 nitrogen and oxygen atoms in total. The minimum atomic E-state index is -1.39. The van der Waals surface area contributed by atoms with Gasteiger partial charge < -0.3 is 19.3 Å². The lowest BCUT2D eigenvalue weighted by Crippen LogP contribution is -2.43. The zero-order valence-electron chi connectivity index (χ0n) is 12.9. The summed E-state index contributed by atoms with van der Waals surface area (Å²) in [6.45, 7) is 3.80. The Morgan fingerprint density at radius 3 is 2.77 bits per heavy atom. The van der Waals surface area contributed by atoms with Crippen molar-refractivity contribution in [2.75, 3.05) is 6.54 Å². The van der Waals surface area contributed by atoms with E-state index in [0.29, 0.717) is 30.9 Å². The molecule has 0 spiro atoms. The van der Waals surface area contributed by atoms with Crippen LogP contribution in [0.25, 0.3) is 0 Å². The number of nitrogens with one attached hydrogen (secondary N) is 1. The van der Waals surface area contributed by atoms with E-state index in [-0.39, 0.29) is 19.3 Å². The summed E-state index contributed by atoms with van der Waals surface area (Å²) >= 11 is 0. The summed E-state index contributed by atoms with van der Waals surface area (Å²) in [4.78, 5) is 22.6. The SMILES string of the molecule is CCCC1(F)CCNC(C(=O)O)C(Cc2oc(=O)oc2C)C1. The Labute approximate surface area is 127 Å². The molecule has 0 aromatic carbocycles. The molecule has 3 unspecified atom stereocenters. The number of alkyl halides is 1. The number of hydrogen-bond acceptors (Lipinski definition) is 5. The van der Waals surface area contributed by atoms with Gasteiger partial charge in [0.05, 0.1) is 0 Å². The van der Waals surface area contributed by atoms with Gasteiger partial charge in [0, 0.05) is 6.42 Å². The third kappa shape index (κ3) is 3.76. The lowest BCUT2D eigenvalue weighted by atomic mass is 9.82. The van der Waals surface area contributed by atoms with Gasteiger partial charge in [-0.15, -0.1) is 0 Å². The molecule has 3 atom stereocenters. The molecule has 7 heteroatoms. The van der Waals surface area contributed by atoms with Gasteiger partial charge in [-0.3, -0.25) is 4.79 Å². The number of hydrogen-bond donors (Lipinski definition) is 2. The highest BCUT2D eigenvalue weighted by molar-refractivity contribution is 5.74. The highest BCUT2D eigenvalue weighted by atomic mass is 19.1. The van der Waals surface area contributed by atoms with Crippen molar-refractivity contribution in [1.29, 1.82) is 0 Å². The fourth-order valence-electron chi connectivity index (χ4n) is 3.26. The van der Waals surface area contributed by atoms with Crippen LogP contribution < -0.4 is 11.1 Å². The molecule has 124 valence electrons. The van der Waals surface area contributed by atoms with Crippen LogP contribution in [0.3, 0.4) is 0 Å². The Hall–Kier alpha value is -1.63. The highest BCUT2D eigenvalue weighted by Gasteiger charge is 2.41. The number of aryl methyl sites for hydroxylation is 1. The maximum Gasteiger partial charge on any atom is 0.519 e. The summed E-state index contributed by atoms with van der Waals surface area (Å²) in [6.07, 6.45) is 1.66. The van der Waals surface area contributed by atoms with E-state index in [0.717, 1.165) is 0 Å². The second-order valence-electron chi connectivity index (χ2n) is 6.02. The molecule has 1 saturated heterocycles. The lowest BCUT2D eigenvalue weighted by Gasteiger charge is -2.27. The van der Waals surface area contributed by atoms with Crippen LogP contribution in [0.5, 0.6) is 0 Å². The van der Waals surface area contributed by atoms with Gasteiger partial charge in [0.2, 0.25) is 0 Å². The van der Waals surface area contributed by atoms with Gasteiger partial charge in [0.25, 0.3) is 0 Å². The molecular weight excluding hydrogens is 293 g/mol. The maximum absolute atomic E-state index is 15.0. The first-order chi connectivity index (χ1) is 10.3. The van der Waals surface area contributed by atoms with Crippen molar-refractivity contribution >= 4 is 5.97 Å².